The number of hydrazone groups is 1. The first kappa shape index (κ1) is 18.1. The Bertz CT molecular complexity index is 945. The van der Waals surface area contributed by atoms with Crippen LogP contribution in [0.1, 0.15) is 16.7 Å². The Labute approximate surface area is 157 Å². The van der Waals surface area contributed by atoms with Gasteiger partial charge in [-0.3, -0.25) is 15.5 Å². The van der Waals surface area contributed by atoms with Crippen molar-refractivity contribution in [3.63, 3.8) is 0 Å². The largest absolute Gasteiger partial charge is 0.457 e. The second-order valence-electron chi connectivity index (χ2n) is 6.17. The van der Waals surface area contributed by atoms with Crippen molar-refractivity contribution in [1.82, 2.24) is 0 Å². The molecule has 6 heteroatoms. The molecule has 0 atom stereocenters. The van der Waals surface area contributed by atoms with Crippen molar-refractivity contribution >= 4 is 17.6 Å². The SMILES string of the molecule is Cc1cc(C)cc(Oc2ccc(C=NNc3ccc([N+](=O)[O-])cc3)cc2)c1. The third kappa shape index (κ3) is 5.15. The molecule has 0 unspecified atom stereocenters. The van der Waals surface area contributed by atoms with Crippen LogP contribution in [-0.2, 0) is 0 Å². The fourth-order valence-corrected chi connectivity index (χ4v) is 2.59. The maximum absolute atomic E-state index is 10.6. The number of hydrogen-bond donors (Lipinski definition) is 1. The van der Waals surface area contributed by atoms with Crippen LogP contribution >= 0.6 is 0 Å². The average molecular weight is 361 g/mol. The molecule has 3 aromatic carbocycles. The van der Waals surface area contributed by atoms with E-state index in [2.05, 4.69) is 16.6 Å². The Morgan fingerprint density at radius 3 is 2.15 bits per heavy atom. The molecule has 0 aliphatic rings. The molecule has 0 saturated carbocycles. The van der Waals surface area contributed by atoms with E-state index in [4.69, 9.17) is 4.74 Å². The Morgan fingerprint density at radius 1 is 0.926 bits per heavy atom. The van der Waals surface area contributed by atoms with Crippen molar-refractivity contribution in [2.75, 3.05) is 5.43 Å². The molecule has 136 valence electrons. The monoisotopic (exact) mass is 361 g/mol. The van der Waals surface area contributed by atoms with E-state index in [9.17, 15) is 10.1 Å². The van der Waals surface area contributed by atoms with Crippen LogP contribution in [0.25, 0.3) is 0 Å². The zero-order valence-corrected chi connectivity index (χ0v) is 15.0. The van der Waals surface area contributed by atoms with Crippen LogP contribution in [0.5, 0.6) is 11.5 Å². The van der Waals surface area contributed by atoms with E-state index >= 15 is 0 Å². The number of aryl methyl sites for hydroxylation is 2. The number of hydrogen-bond acceptors (Lipinski definition) is 5. The molecule has 0 aliphatic carbocycles. The lowest BCUT2D eigenvalue weighted by Crippen LogP contribution is -1.92. The Hall–Kier alpha value is -3.67. The molecule has 0 saturated heterocycles. The first-order valence-electron chi connectivity index (χ1n) is 8.39. The van der Waals surface area contributed by atoms with E-state index in [-0.39, 0.29) is 5.69 Å². The van der Waals surface area contributed by atoms with Gasteiger partial charge in [0.2, 0.25) is 0 Å². The second kappa shape index (κ2) is 8.14. The molecule has 0 aliphatic heterocycles. The van der Waals surface area contributed by atoms with E-state index < -0.39 is 4.92 Å². The number of nitro benzene ring substituents is 1. The van der Waals surface area contributed by atoms with Crippen molar-refractivity contribution in [1.29, 1.82) is 0 Å². The lowest BCUT2D eigenvalue weighted by atomic mass is 10.1. The van der Waals surface area contributed by atoms with Crippen molar-refractivity contribution in [2.24, 2.45) is 5.10 Å². The van der Waals surface area contributed by atoms with Gasteiger partial charge >= 0.3 is 0 Å². The van der Waals surface area contributed by atoms with Crippen LogP contribution in [0.2, 0.25) is 0 Å². The lowest BCUT2D eigenvalue weighted by molar-refractivity contribution is -0.384. The molecule has 0 fully saturated rings. The van der Waals surface area contributed by atoms with Crippen LogP contribution in [0.15, 0.2) is 71.8 Å². The number of ether oxygens (including phenoxy) is 1. The number of anilines is 1. The zero-order chi connectivity index (χ0) is 19.2. The van der Waals surface area contributed by atoms with Gasteiger partial charge in [-0.05, 0) is 79.1 Å². The maximum Gasteiger partial charge on any atom is 0.269 e. The predicted molar refractivity (Wildman–Crippen MR) is 107 cm³/mol. The van der Waals surface area contributed by atoms with Crippen LogP contribution in [0.3, 0.4) is 0 Å². The van der Waals surface area contributed by atoms with Gasteiger partial charge in [0.25, 0.3) is 5.69 Å². The number of nitrogens with one attached hydrogen (secondary N) is 1. The van der Waals surface area contributed by atoms with E-state index in [1.165, 1.54) is 12.1 Å². The molecule has 3 rings (SSSR count). The second-order valence-corrected chi connectivity index (χ2v) is 6.17. The van der Waals surface area contributed by atoms with Crippen molar-refractivity contribution in [3.8, 4) is 11.5 Å². The molecule has 0 amide bonds. The summed E-state index contributed by atoms with van der Waals surface area (Å²) in [7, 11) is 0. The summed E-state index contributed by atoms with van der Waals surface area (Å²) in [5.41, 5.74) is 6.78. The number of benzene rings is 3. The Balaban J connectivity index is 1.59. The molecule has 0 spiro atoms. The van der Waals surface area contributed by atoms with Gasteiger partial charge in [0.05, 0.1) is 16.8 Å². The topological polar surface area (TPSA) is 76.8 Å². The van der Waals surface area contributed by atoms with Gasteiger partial charge in [0.15, 0.2) is 0 Å². The molecule has 1 N–H and O–H groups in total. The quantitative estimate of drug-likeness (QED) is 0.360. The van der Waals surface area contributed by atoms with E-state index in [0.29, 0.717) is 5.69 Å². The Morgan fingerprint density at radius 2 is 1.56 bits per heavy atom. The molecule has 0 bridgehead atoms. The van der Waals surface area contributed by atoms with Gasteiger partial charge in [-0.25, -0.2) is 0 Å². The first-order chi connectivity index (χ1) is 13.0. The smallest absolute Gasteiger partial charge is 0.269 e. The van der Waals surface area contributed by atoms with E-state index in [1.54, 1.807) is 18.3 Å². The third-order valence-corrected chi connectivity index (χ3v) is 3.80. The third-order valence-electron chi connectivity index (χ3n) is 3.80. The first-order valence-corrected chi connectivity index (χ1v) is 8.39. The molecule has 3 aromatic rings. The molecular weight excluding hydrogens is 342 g/mol. The average Bonchev–Trinajstić information content (AvgIpc) is 2.63. The van der Waals surface area contributed by atoms with Gasteiger partial charge < -0.3 is 4.74 Å². The maximum atomic E-state index is 10.6. The summed E-state index contributed by atoms with van der Waals surface area (Å²) in [4.78, 5) is 10.2. The molecule has 27 heavy (non-hydrogen) atoms. The van der Waals surface area contributed by atoms with Crippen LogP contribution in [0, 0.1) is 24.0 Å². The molecule has 6 nitrogen and oxygen atoms in total. The minimum Gasteiger partial charge on any atom is -0.457 e. The predicted octanol–water partition coefficient (Wildman–Crippen LogP) is 5.45. The van der Waals surface area contributed by atoms with E-state index in [1.807, 2.05) is 50.2 Å². The number of rotatable bonds is 6. The van der Waals surface area contributed by atoms with Crippen molar-refractivity contribution < 1.29 is 9.66 Å². The van der Waals surface area contributed by atoms with Crippen LogP contribution < -0.4 is 10.2 Å². The summed E-state index contributed by atoms with van der Waals surface area (Å²) in [5.74, 6) is 1.56. The standard InChI is InChI=1S/C21H19N3O3/c1-15-11-16(2)13-21(12-15)27-20-9-3-17(4-10-20)14-22-23-18-5-7-19(8-6-18)24(25)26/h3-14,23H,1-2H3. The van der Waals surface area contributed by atoms with Gasteiger partial charge in [0, 0.05) is 12.1 Å². The number of nitro groups is 1. The fraction of sp³-hybridized carbons (Fsp3) is 0.0952. The fourth-order valence-electron chi connectivity index (χ4n) is 2.59. The van der Waals surface area contributed by atoms with Crippen LogP contribution in [0.4, 0.5) is 11.4 Å². The summed E-state index contributed by atoms with van der Waals surface area (Å²) < 4.78 is 5.88. The highest BCUT2D eigenvalue weighted by molar-refractivity contribution is 5.80. The summed E-state index contributed by atoms with van der Waals surface area (Å²) in [6.07, 6.45) is 1.67. The normalized spacial score (nSPS) is 10.7. The summed E-state index contributed by atoms with van der Waals surface area (Å²) in [6.45, 7) is 4.08. The van der Waals surface area contributed by atoms with Crippen LogP contribution in [-0.4, -0.2) is 11.1 Å². The van der Waals surface area contributed by atoms with Gasteiger partial charge in [-0.2, -0.15) is 5.10 Å². The Kier molecular flexibility index (Phi) is 5.47. The van der Waals surface area contributed by atoms with E-state index in [0.717, 1.165) is 28.2 Å². The number of nitrogens with zero attached hydrogens (tertiary/aromatic N) is 2. The van der Waals surface area contributed by atoms with Crippen molar-refractivity contribution in [2.45, 2.75) is 13.8 Å². The lowest BCUT2D eigenvalue weighted by Gasteiger charge is -2.08. The minimum absolute atomic E-state index is 0.0453. The molecular formula is C21H19N3O3. The molecule has 0 aromatic heterocycles. The highest BCUT2D eigenvalue weighted by Gasteiger charge is 2.03. The summed E-state index contributed by atoms with van der Waals surface area (Å²) >= 11 is 0. The molecule has 0 heterocycles. The van der Waals surface area contributed by atoms with Gasteiger partial charge in [0.1, 0.15) is 11.5 Å². The highest BCUT2D eigenvalue weighted by Crippen LogP contribution is 2.24. The summed E-state index contributed by atoms with van der Waals surface area (Å²) in [6, 6.07) is 19.7. The van der Waals surface area contributed by atoms with Crippen molar-refractivity contribution in [3.05, 3.63) is 93.5 Å². The zero-order valence-electron chi connectivity index (χ0n) is 15.0. The minimum atomic E-state index is -0.436. The van der Waals surface area contributed by atoms with Gasteiger partial charge in [-0.1, -0.05) is 6.07 Å². The molecule has 0 radical (unpaired) electrons. The highest BCUT2D eigenvalue weighted by atomic mass is 16.6. The van der Waals surface area contributed by atoms with Gasteiger partial charge in [-0.15, -0.1) is 0 Å². The number of non-ortho nitro benzene ring substituents is 1. The summed E-state index contributed by atoms with van der Waals surface area (Å²) in [5, 5.41) is 14.8.